The average molecular weight is 420 g/mol. The van der Waals surface area contributed by atoms with Gasteiger partial charge in [0.15, 0.2) is 0 Å². The van der Waals surface area contributed by atoms with Crippen molar-refractivity contribution in [2.75, 3.05) is 0 Å². The smallest absolute Gasteiger partial charge is 0.326 e. The molecule has 0 saturated carbocycles. The molecule has 0 fully saturated rings. The van der Waals surface area contributed by atoms with Crippen molar-refractivity contribution in [2.24, 2.45) is 0 Å². The Labute approximate surface area is 177 Å². The van der Waals surface area contributed by atoms with Gasteiger partial charge in [0.05, 0.1) is 11.0 Å². The van der Waals surface area contributed by atoms with Crippen LogP contribution in [0.15, 0.2) is 65.6 Å². The topological polar surface area (TPSA) is 89.0 Å². The highest BCUT2D eigenvalue weighted by atomic mass is 19.1. The third-order valence-electron chi connectivity index (χ3n) is 4.78. The van der Waals surface area contributed by atoms with Crippen LogP contribution < -0.4 is 15.7 Å². The Hall–Kier alpha value is -3.94. The summed E-state index contributed by atoms with van der Waals surface area (Å²) in [5, 5.41) is 2.84. The average Bonchev–Trinajstić information content (AvgIpc) is 3.09. The Morgan fingerprint density at radius 2 is 1.94 bits per heavy atom. The van der Waals surface area contributed by atoms with Gasteiger partial charge in [-0.2, -0.15) is 0 Å². The third kappa shape index (κ3) is 4.48. The number of hydrogen-bond donors (Lipinski definition) is 2. The summed E-state index contributed by atoms with van der Waals surface area (Å²) in [6.45, 7) is 4.14. The number of carbonyl (C=O) groups is 1. The molecule has 31 heavy (non-hydrogen) atoms. The van der Waals surface area contributed by atoms with Gasteiger partial charge in [-0.1, -0.05) is 6.07 Å². The maximum absolute atomic E-state index is 13.0. The Morgan fingerprint density at radius 1 is 1.16 bits per heavy atom. The Morgan fingerprint density at radius 3 is 2.61 bits per heavy atom. The van der Waals surface area contributed by atoms with Gasteiger partial charge in [-0.05, 0) is 61.9 Å². The predicted molar refractivity (Wildman–Crippen MR) is 115 cm³/mol. The van der Waals surface area contributed by atoms with Gasteiger partial charge < -0.3 is 15.0 Å². The molecule has 158 valence electrons. The molecule has 4 rings (SSSR count). The number of halogens is 1. The van der Waals surface area contributed by atoms with Crippen LogP contribution in [0.4, 0.5) is 4.39 Å². The predicted octanol–water partition coefficient (Wildman–Crippen LogP) is 4.17. The number of nitrogens with one attached hydrogen (secondary N) is 2. The molecule has 0 radical (unpaired) electrons. The zero-order chi connectivity index (χ0) is 22.0. The quantitative estimate of drug-likeness (QED) is 0.490. The monoisotopic (exact) mass is 420 g/mol. The van der Waals surface area contributed by atoms with Crippen molar-refractivity contribution in [2.45, 2.75) is 26.4 Å². The fourth-order valence-corrected chi connectivity index (χ4v) is 3.27. The number of ether oxygens (including phenoxy) is 1. The highest BCUT2D eigenvalue weighted by Crippen LogP contribution is 2.20. The van der Waals surface area contributed by atoms with Gasteiger partial charge in [-0.25, -0.2) is 14.2 Å². The lowest BCUT2D eigenvalue weighted by atomic mass is 10.1. The van der Waals surface area contributed by atoms with Gasteiger partial charge in [0, 0.05) is 30.4 Å². The van der Waals surface area contributed by atoms with Crippen LogP contribution in [0.1, 0.15) is 35.8 Å². The van der Waals surface area contributed by atoms with Crippen molar-refractivity contribution < 1.29 is 13.9 Å². The number of nitrogens with zero attached hydrogens (tertiary/aromatic N) is 2. The molecule has 0 saturated heterocycles. The Kier molecular flexibility index (Phi) is 5.53. The van der Waals surface area contributed by atoms with Crippen LogP contribution in [0.5, 0.6) is 11.6 Å². The molecular weight excluding hydrogens is 399 g/mol. The molecule has 1 amide bonds. The summed E-state index contributed by atoms with van der Waals surface area (Å²) in [4.78, 5) is 31.6. The van der Waals surface area contributed by atoms with E-state index in [2.05, 4.69) is 15.3 Å². The van der Waals surface area contributed by atoms with E-state index >= 15 is 0 Å². The van der Waals surface area contributed by atoms with E-state index in [9.17, 15) is 14.0 Å². The standard InChI is InChI=1S/C23H21FN4O3/c1-14(2)28-20-9-4-16(11-19(20)27-23(28)30)22(29)26-13-15-3-10-21(25-12-15)31-18-7-5-17(24)6-8-18/h3-12,14H,13H2,1-2H3,(H,26,29)(H,27,30). The van der Waals surface area contributed by atoms with Gasteiger partial charge >= 0.3 is 5.69 Å². The summed E-state index contributed by atoms with van der Waals surface area (Å²) >= 11 is 0. The lowest BCUT2D eigenvalue weighted by Crippen LogP contribution is -2.22. The molecule has 7 nitrogen and oxygen atoms in total. The van der Waals surface area contributed by atoms with Gasteiger partial charge in [0.2, 0.25) is 5.88 Å². The van der Waals surface area contributed by atoms with E-state index in [0.717, 1.165) is 11.1 Å². The molecule has 4 aromatic rings. The minimum absolute atomic E-state index is 0.0171. The highest BCUT2D eigenvalue weighted by molar-refractivity contribution is 5.97. The van der Waals surface area contributed by atoms with Gasteiger partial charge in [0.25, 0.3) is 5.91 Å². The number of hydrogen-bond acceptors (Lipinski definition) is 4. The van der Waals surface area contributed by atoms with Crippen molar-refractivity contribution in [1.82, 2.24) is 19.9 Å². The molecule has 2 heterocycles. The first-order chi connectivity index (χ1) is 14.9. The van der Waals surface area contributed by atoms with Crippen LogP contribution in [0.2, 0.25) is 0 Å². The molecule has 2 N–H and O–H groups in total. The van der Waals surface area contributed by atoms with Crippen LogP contribution in [0, 0.1) is 5.82 Å². The Bertz CT molecular complexity index is 1280. The first-order valence-corrected chi connectivity index (χ1v) is 9.81. The summed E-state index contributed by atoms with van der Waals surface area (Å²) in [7, 11) is 0. The lowest BCUT2D eigenvalue weighted by molar-refractivity contribution is 0.0951. The van der Waals surface area contributed by atoms with Crippen LogP contribution in [-0.4, -0.2) is 20.4 Å². The third-order valence-corrected chi connectivity index (χ3v) is 4.78. The first-order valence-electron chi connectivity index (χ1n) is 9.81. The maximum atomic E-state index is 13.0. The van der Waals surface area contributed by atoms with Gasteiger partial charge in [-0.15, -0.1) is 0 Å². The molecule has 0 aliphatic rings. The number of amides is 1. The largest absolute Gasteiger partial charge is 0.439 e. The van der Waals surface area contributed by atoms with Gasteiger partial charge in [-0.3, -0.25) is 9.36 Å². The van der Waals surface area contributed by atoms with E-state index in [4.69, 9.17) is 4.74 Å². The van der Waals surface area contributed by atoms with Crippen LogP contribution >= 0.6 is 0 Å². The van der Waals surface area contributed by atoms with E-state index in [1.807, 2.05) is 13.8 Å². The fourth-order valence-electron chi connectivity index (χ4n) is 3.27. The van der Waals surface area contributed by atoms with Crippen LogP contribution in [-0.2, 0) is 6.54 Å². The summed E-state index contributed by atoms with van der Waals surface area (Å²) in [5.74, 6) is 0.251. The number of rotatable bonds is 6. The number of H-pyrrole nitrogens is 1. The summed E-state index contributed by atoms with van der Waals surface area (Å²) in [5.41, 5.74) is 2.43. The molecule has 0 atom stereocenters. The zero-order valence-electron chi connectivity index (χ0n) is 17.1. The molecule has 0 aliphatic carbocycles. The molecule has 0 aliphatic heterocycles. The molecule has 0 bridgehead atoms. The van der Waals surface area contributed by atoms with E-state index in [1.165, 1.54) is 24.3 Å². The minimum atomic E-state index is -0.339. The normalized spacial score (nSPS) is 11.1. The zero-order valence-corrected chi connectivity index (χ0v) is 17.1. The number of imidazole rings is 1. The molecule has 0 unspecified atom stereocenters. The van der Waals surface area contributed by atoms with E-state index in [1.54, 1.807) is 41.1 Å². The van der Waals surface area contributed by atoms with Crippen molar-refractivity contribution in [3.05, 3.63) is 88.2 Å². The number of carbonyl (C=O) groups excluding carboxylic acids is 1. The first kappa shape index (κ1) is 20.3. The van der Waals surface area contributed by atoms with Crippen molar-refractivity contribution in [3.8, 4) is 11.6 Å². The highest BCUT2D eigenvalue weighted by Gasteiger charge is 2.13. The van der Waals surface area contributed by atoms with Gasteiger partial charge in [0.1, 0.15) is 11.6 Å². The SMILES string of the molecule is CC(C)n1c(=O)[nH]c2cc(C(=O)NCc3ccc(Oc4ccc(F)cc4)nc3)ccc21. The lowest BCUT2D eigenvalue weighted by Gasteiger charge is -2.09. The Balaban J connectivity index is 1.40. The van der Waals surface area contributed by atoms with Crippen LogP contribution in [0.3, 0.4) is 0 Å². The number of fused-ring (bicyclic) bond motifs is 1. The second kappa shape index (κ2) is 8.43. The van der Waals surface area contributed by atoms with Crippen LogP contribution in [0.25, 0.3) is 11.0 Å². The molecule has 2 aromatic heterocycles. The number of benzene rings is 2. The van der Waals surface area contributed by atoms with E-state index in [-0.39, 0.29) is 30.0 Å². The summed E-state index contributed by atoms with van der Waals surface area (Å²) in [6.07, 6.45) is 1.60. The minimum Gasteiger partial charge on any atom is -0.439 e. The second-order valence-corrected chi connectivity index (χ2v) is 7.37. The van der Waals surface area contributed by atoms with Crippen molar-refractivity contribution >= 4 is 16.9 Å². The van der Waals surface area contributed by atoms with E-state index < -0.39 is 0 Å². The summed E-state index contributed by atoms with van der Waals surface area (Å²) in [6, 6.07) is 14.3. The number of aromatic amines is 1. The fraction of sp³-hybridized carbons (Fsp3) is 0.174. The molecular formula is C23H21FN4O3. The van der Waals surface area contributed by atoms with E-state index in [0.29, 0.717) is 22.7 Å². The second-order valence-electron chi connectivity index (χ2n) is 7.37. The number of aromatic nitrogens is 3. The summed E-state index contributed by atoms with van der Waals surface area (Å²) < 4.78 is 20.2. The van der Waals surface area contributed by atoms with Crippen molar-refractivity contribution in [3.63, 3.8) is 0 Å². The number of pyridine rings is 1. The molecule has 8 heteroatoms. The molecule has 2 aromatic carbocycles. The maximum Gasteiger partial charge on any atom is 0.326 e. The molecule has 0 spiro atoms. The van der Waals surface area contributed by atoms with Crippen molar-refractivity contribution in [1.29, 1.82) is 0 Å².